The summed E-state index contributed by atoms with van der Waals surface area (Å²) in [4.78, 5) is 9.11. The van der Waals surface area contributed by atoms with Crippen LogP contribution >= 0.6 is 24.0 Å². The molecule has 8 heteroatoms. The Morgan fingerprint density at radius 2 is 2.07 bits per heavy atom. The van der Waals surface area contributed by atoms with Crippen molar-refractivity contribution in [3.05, 3.63) is 35.7 Å². The largest absolute Gasteiger partial charge is 0.382 e. The van der Waals surface area contributed by atoms with Crippen LogP contribution in [0.15, 0.2) is 33.8 Å². The highest BCUT2D eigenvalue weighted by Gasteiger charge is 2.08. The first-order valence-corrected chi connectivity index (χ1v) is 9.78. The number of rotatable bonds is 11. The summed E-state index contributed by atoms with van der Waals surface area (Å²) in [6.07, 6.45) is 2.78. The molecule has 0 aliphatic heterocycles. The lowest BCUT2D eigenvalue weighted by molar-refractivity contribution is 0.145. The van der Waals surface area contributed by atoms with E-state index in [0.717, 1.165) is 68.5 Å². The van der Waals surface area contributed by atoms with Crippen LogP contribution in [0, 0.1) is 0 Å². The minimum absolute atomic E-state index is 0. The van der Waals surface area contributed by atoms with Crippen molar-refractivity contribution in [3.8, 4) is 11.5 Å². The molecule has 0 radical (unpaired) electrons. The van der Waals surface area contributed by atoms with E-state index < -0.39 is 0 Å². The van der Waals surface area contributed by atoms with Crippen molar-refractivity contribution < 1.29 is 9.26 Å². The van der Waals surface area contributed by atoms with Crippen LogP contribution in [0.1, 0.15) is 45.0 Å². The van der Waals surface area contributed by atoms with Crippen LogP contribution < -0.4 is 10.6 Å². The third-order valence-electron chi connectivity index (χ3n) is 3.84. The summed E-state index contributed by atoms with van der Waals surface area (Å²) < 4.78 is 10.7. The fraction of sp³-hybridized carbons (Fsp3) is 0.550. The Balaban J connectivity index is 0.00000392. The van der Waals surface area contributed by atoms with E-state index in [2.05, 4.69) is 45.7 Å². The SMILES string of the molecule is CCCc1noc(-c2cccc(CN=C(NCC)NCCCOCC)c2)n1.I. The molecule has 0 atom stereocenters. The summed E-state index contributed by atoms with van der Waals surface area (Å²) in [6, 6.07) is 8.07. The van der Waals surface area contributed by atoms with Gasteiger partial charge in [-0.25, -0.2) is 4.99 Å². The second-order valence-corrected chi connectivity index (χ2v) is 6.14. The average molecular weight is 501 g/mol. The average Bonchev–Trinajstić information content (AvgIpc) is 3.15. The van der Waals surface area contributed by atoms with Gasteiger partial charge >= 0.3 is 0 Å². The Morgan fingerprint density at radius 3 is 2.82 bits per heavy atom. The van der Waals surface area contributed by atoms with Gasteiger partial charge in [-0.3, -0.25) is 0 Å². The molecule has 28 heavy (non-hydrogen) atoms. The number of aliphatic imine (C=N–C) groups is 1. The summed E-state index contributed by atoms with van der Waals surface area (Å²) in [5.74, 6) is 2.12. The lowest BCUT2D eigenvalue weighted by Gasteiger charge is -2.11. The molecule has 0 aliphatic carbocycles. The van der Waals surface area contributed by atoms with E-state index in [0.29, 0.717) is 12.4 Å². The predicted octanol–water partition coefficient (Wildman–Crippen LogP) is 3.79. The molecule has 2 rings (SSSR count). The first kappa shape index (κ1) is 24.4. The zero-order valence-corrected chi connectivity index (χ0v) is 19.4. The molecule has 0 unspecified atom stereocenters. The van der Waals surface area contributed by atoms with Crippen LogP contribution in [0.5, 0.6) is 0 Å². The number of benzene rings is 1. The fourth-order valence-electron chi connectivity index (χ4n) is 2.54. The maximum atomic E-state index is 5.37. The van der Waals surface area contributed by atoms with Gasteiger partial charge in [0.1, 0.15) is 0 Å². The number of hydrogen-bond acceptors (Lipinski definition) is 5. The Kier molecular flexibility index (Phi) is 12.5. The molecule has 1 heterocycles. The molecule has 1 aromatic heterocycles. The summed E-state index contributed by atoms with van der Waals surface area (Å²) in [6.45, 7) is 9.90. The Labute approximate surface area is 184 Å². The van der Waals surface area contributed by atoms with Crippen molar-refractivity contribution in [1.82, 2.24) is 20.8 Å². The van der Waals surface area contributed by atoms with Gasteiger partial charge in [-0.15, -0.1) is 24.0 Å². The van der Waals surface area contributed by atoms with E-state index in [1.54, 1.807) is 0 Å². The third kappa shape index (κ3) is 8.55. The van der Waals surface area contributed by atoms with Gasteiger partial charge in [0, 0.05) is 38.3 Å². The molecule has 0 spiro atoms. The molecule has 0 amide bonds. The van der Waals surface area contributed by atoms with Crippen LogP contribution in [-0.2, 0) is 17.7 Å². The normalized spacial score (nSPS) is 11.2. The molecular formula is C20H32IN5O2. The topological polar surface area (TPSA) is 84.6 Å². The van der Waals surface area contributed by atoms with Gasteiger partial charge in [-0.2, -0.15) is 4.98 Å². The van der Waals surface area contributed by atoms with E-state index in [9.17, 15) is 0 Å². The van der Waals surface area contributed by atoms with Crippen molar-refractivity contribution >= 4 is 29.9 Å². The second-order valence-electron chi connectivity index (χ2n) is 6.14. The van der Waals surface area contributed by atoms with Crippen LogP contribution in [0.3, 0.4) is 0 Å². The second kappa shape index (κ2) is 14.3. The number of aromatic nitrogens is 2. The fourth-order valence-corrected chi connectivity index (χ4v) is 2.54. The Hall–Kier alpha value is -1.68. The van der Waals surface area contributed by atoms with E-state index >= 15 is 0 Å². The maximum Gasteiger partial charge on any atom is 0.257 e. The van der Waals surface area contributed by atoms with Crippen LogP contribution in [-0.4, -0.2) is 42.4 Å². The highest BCUT2D eigenvalue weighted by molar-refractivity contribution is 14.0. The number of halogens is 1. The van der Waals surface area contributed by atoms with Crippen LogP contribution in [0.25, 0.3) is 11.5 Å². The smallest absolute Gasteiger partial charge is 0.257 e. The van der Waals surface area contributed by atoms with Crippen LogP contribution in [0.4, 0.5) is 0 Å². The summed E-state index contributed by atoms with van der Waals surface area (Å²) in [5.41, 5.74) is 2.02. The van der Waals surface area contributed by atoms with Gasteiger partial charge in [-0.1, -0.05) is 24.2 Å². The monoisotopic (exact) mass is 501 g/mol. The first-order chi connectivity index (χ1) is 13.3. The van der Waals surface area contributed by atoms with Gasteiger partial charge < -0.3 is 19.9 Å². The minimum Gasteiger partial charge on any atom is -0.382 e. The Morgan fingerprint density at radius 1 is 1.21 bits per heavy atom. The van der Waals surface area contributed by atoms with Crippen molar-refractivity contribution in [2.24, 2.45) is 4.99 Å². The first-order valence-electron chi connectivity index (χ1n) is 9.78. The molecule has 0 aliphatic rings. The Bertz CT molecular complexity index is 705. The van der Waals surface area contributed by atoms with Crippen molar-refractivity contribution in [1.29, 1.82) is 0 Å². The molecule has 156 valence electrons. The molecule has 0 saturated heterocycles. The van der Waals surface area contributed by atoms with E-state index in [1.807, 2.05) is 25.1 Å². The number of nitrogens with zero attached hydrogens (tertiary/aromatic N) is 3. The highest BCUT2D eigenvalue weighted by Crippen LogP contribution is 2.19. The molecule has 2 aromatic rings. The lowest BCUT2D eigenvalue weighted by atomic mass is 10.1. The number of nitrogens with one attached hydrogen (secondary N) is 2. The van der Waals surface area contributed by atoms with Gasteiger partial charge in [0.15, 0.2) is 11.8 Å². The summed E-state index contributed by atoms with van der Waals surface area (Å²) >= 11 is 0. The van der Waals surface area contributed by atoms with E-state index in [4.69, 9.17) is 9.26 Å². The molecule has 2 N–H and O–H groups in total. The third-order valence-corrected chi connectivity index (χ3v) is 3.84. The molecule has 1 aromatic carbocycles. The van der Waals surface area contributed by atoms with E-state index in [-0.39, 0.29) is 24.0 Å². The number of aryl methyl sites for hydroxylation is 1. The number of ether oxygens (including phenoxy) is 1. The van der Waals surface area contributed by atoms with Gasteiger partial charge in [0.2, 0.25) is 0 Å². The van der Waals surface area contributed by atoms with Gasteiger partial charge in [-0.05, 0) is 44.4 Å². The molecule has 7 nitrogen and oxygen atoms in total. The van der Waals surface area contributed by atoms with Crippen molar-refractivity contribution in [3.63, 3.8) is 0 Å². The quantitative estimate of drug-likeness (QED) is 0.211. The zero-order chi connectivity index (χ0) is 19.3. The molecule has 0 bridgehead atoms. The summed E-state index contributed by atoms with van der Waals surface area (Å²) in [5, 5.41) is 10.6. The van der Waals surface area contributed by atoms with Gasteiger partial charge in [0.05, 0.1) is 6.54 Å². The maximum absolute atomic E-state index is 5.37. The number of guanidine groups is 1. The van der Waals surface area contributed by atoms with Crippen LogP contribution in [0.2, 0.25) is 0 Å². The van der Waals surface area contributed by atoms with Gasteiger partial charge in [0.25, 0.3) is 5.89 Å². The summed E-state index contributed by atoms with van der Waals surface area (Å²) in [7, 11) is 0. The highest BCUT2D eigenvalue weighted by atomic mass is 127. The number of hydrogen-bond donors (Lipinski definition) is 2. The zero-order valence-electron chi connectivity index (χ0n) is 17.0. The van der Waals surface area contributed by atoms with E-state index in [1.165, 1.54) is 0 Å². The minimum atomic E-state index is 0. The molecule has 0 fully saturated rings. The molecule has 0 saturated carbocycles. The molecular weight excluding hydrogens is 469 g/mol. The van der Waals surface area contributed by atoms with Crippen molar-refractivity contribution in [2.45, 2.75) is 46.6 Å². The lowest BCUT2D eigenvalue weighted by Crippen LogP contribution is -2.38. The standard InChI is InChI=1S/C20H31N5O2.HI/c1-4-9-18-24-19(27-25-18)17-11-7-10-16(14-17)15-23-20(21-5-2)22-12-8-13-26-6-3;/h7,10-11,14H,4-6,8-9,12-13,15H2,1-3H3,(H2,21,22,23);1H. The van der Waals surface area contributed by atoms with Crippen molar-refractivity contribution in [2.75, 3.05) is 26.3 Å². The predicted molar refractivity (Wildman–Crippen MR) is 123 cm³/mol.